The lowest BCUT2D eigenvalue weighted by Crippen LogP contribution is -2.52. The summed E-state index contributed by atoms with van der Waals surface area (Å²) in [5, 5.41) is 4.77. The standard InChI is InChI=1S/C12H12ClN3O2/c13-9-4-2-6-15-10(9)12(18)16-11(17)8-3-1-5-14-7-8/h1-5,7,9-10,15H,6H2,(H,16,17,18). The second-order valence-corrected chi connectivity index (χ2v) is 4.32. The molecule has 0 bridgehead atoms. The number of carbonyl (C=O) groups is 2. The number of carbonyl (C=O) groups excluding carboxylic acids is 2. The highest BCUT2D eigenvalue weighted by Crippen LogP contribution is 2.09. The predicted octanol–water partition coefficient (Wildman–Crippen LogP) is 0.473. The molecule has 1 aromatic heterocycles. The van der Waals surface area contributed by atoms with Gasteiger partial charge < -0.3 is 5.32 Å². The molecule has 0 saturated carbocycles. The van der Waals surface area contributed by atoms with Crippen LogP contribution >= 0.6 is 11.6 Å². The first-order chi connectivity index (χ1) is 8.68. The molecule has 2 N–H and O–H groups in total. The fraction of sp³-hybridized carbons (Fsp3) is 0.250. The molecule has 94 valence electrons. The Balaban J connectivity index is 1.99. The summed E-state index contributed by atoms with van der Waals surface area (Å²) in [7, 11) is 0. The van der Waals surface area contributed by atoms with E-state index in [0.717, 1.165) is 0 Å². The van der Waals surface area contributed by atoms with E-state index in [1.165, 1.54) is 6.20 Å². The van der Waals surface area contributed by atoms with E-state index in [2.05, 4.69) is 15.6 Å². The lowest BCUT2D eigenvalue weighted by molar-refractivity contribution is -0.122. The fourth-order valence-corrected chi connectivity index (χ4v) is 1.92. The van der Waals surface area contributed by atoms with Gasteiger partial charge in [-0.25, -0.2) is 0 Å². The van der Waals surface area contributed by atoms with Crippen molar-refractivity contribution in [3.8, 4) is 0 Å². The van der Waals surface area contributed by atoms with Crippen LogP contribution in [0.25, 0.3) is 0 Å². The molecule has 1 aliphatic heterocycles. The Morgan fingerprint density at radius 2 is 2.33 bits per heavy atom. The first-order valence-corrected chi connectivity index (χ1v) is 5.91. The summed E-state index contributed by atoms with van der Waals surface area (Å²) >= 11 is 5.97. The Kier molecular flexibility index (Phi) is 4.07. The zero-order valence-corrected chi connectivity index (χ0v) is 10.2. The molecule has 0 radical (unpaired) electrons. The summed E-state index contributed by atoms with van der Waals surface area (Å²) in [6.07, 6.45) is 6.52. The van der Waals surface area contributed by atoms with Crippen molar-refractivity contribution in [1.29, 1.82) is 0 Å². The van der Waals surface area contributed by atoms with Gasteiger partial charge in [0.1, 0.15) is 6.04 Å². The number of alkyl halides is 1. The smallest absolute Gasteiger partial charge is 0.259 e. The molecule has 2 amide bonds. The van der Waals surface area contributed by atoms with E-state index in [0.29, 0.717) is 12.1 Å². The molecule has 6 heteroatoms. The maximum atomic E-state index is 11.9. The predicted molar refractivity (Wildman–Crippen MR) is 67.3 cm³/mol. The summed E-state index contributed by atoms with van der Waals surface area (Å²) in [4.78, 5) is 27.4. The number of nitrogens with one attached hydrogen (secondary N) is 2. The van der Waals surface area contributed by atoms with Crippen molar-refractivity contribution in [1.82, 2.24) is 15.6 Å². The highest BCUT2D eigenvalue weighted by Gasteiger charge is 2.27. The van der Waals surface area contributed by atoms with Crippen LogP contribution in [0.2, 0.25) is 0 Å². The Morgan fingerprint density at radius 1 is 1.50 bits per heavy atom. The summed E-state index contributed by atoms with van der Waals surface area (Å²) < 4.78 is 0. The minimum atomic E-state index is -0.600. The Bertz CT molecular complexity index is 475. The van der Waals surface area contributed by atoms with Crippen molar-refractivity contribution in [2.75, 3.05) is 6.54 Å². The molecule has 2 rings (SSSR count). The van der Waals surface area contributed by atoms with Crippen molar-refractivity contribution in [3.63, 3.8) is 0 Å². The topological polar surface area (TPSA) is 71.1 Å². The molecule has 0 fully saturated rings. The number of aromatic nitrogens is 1. The van der Waals surface area contributed by atoms with E-state index in [9.17, 15) is 9.59 Å². The van der Waals surface area contributed by atoms with Crippen LogP contribution in [0, 0.1) is 0 Å². The van der Waals surface area contributed by atoms with Gasteiger partial charge in [0.25, 0.3) is 5.91 Å². The van der Waals surface area contributed by atoms with E-state index in [1.807, 2.05) is 6.08 Å². The lowest BCUT2D eigenvalue weighted by atomic mass is 10.1. The first-order valence-electron chi connectivity index (χ1n) is 5.48. The quantitative estimate of drug-likeness (QED) is 0.463. The molecule has 18 heavy (non-hydrogen) atoms. The largest absolute Gasteiger partial charge is 0.301 e. The Hall–Kier alpha value is -1.72. The van der Waals surface area contributed by atoms with Crippen molar-refractivity contribution < 1.29 is 9.59 Å². The molecule has 0 aliphatic carbocycles. The van der Waals surface area contributed by atoms with Crippen molar-refractivity contribution >= 4 is 23.4 Å². The van der Waals surface area contributed by atoms with Gasteiger partial charge in [0.05, 0.1) is 10.9 Å². The summed E-state index contributed by atoms with van der Waals surface area (Å²) in [6.45, 7) is 0.558. The SMILES string of the molecule is O=C(NC(=O)C1NCC=CC1Cl)c1cccnc1. The van der Waals surface area contributed by atoms with Gasteiger partial charge in [-0.2, -0.15) is 0 Å². The van der Waals surface area contributed by atoms with Crippen LogP contribution < -0.4 is 10.6 Å². The van der Waals surface area contributed by atoms with Gasteiger partial charge >= 0.3 is 0 Å². The molecule has 2 atom stereocenters. The number of hydrogen-bond acceptors (Lipinski definition) is 4. The van der Waals surface area contributed by atoms with Gasteiger partial charge in [-0.1, -0.05) is 12.2 Å². The molecule has 5 nitrogen and oxygen atoms in total. The molecule has 2 unspecified atom stereocenters. The van der Waals surface area contributed by atoms with Crippen LogP contribution in [-0.2, 0) is 4.79 Å². The molecular weight excluding hydrogens is 254 g/mol. The summed E-state index contributed by atoms with van der Waals surface area (Å²) in [6, 6.07) is 2.62. The number of imide groups is 1. The molecule has 0 spiro atoms. The monoisotopic (exact) mass is 265 g/mol. The zero-order chi connectivity index (χ0) is 13.0. The molecule has 0 saturated heterocycles. The highest BCUT2D eigenvalue weighted by atomic mass is 35.5. The second kappa shape index (κ2) is 5.75. The molecular formula is C12H12ClN3O2. The number of rotatable bonds is 2. The van der Waals surface area contributed by atoms with E-state index in [-0.39, 0.29) is 0 Å². The van der Waals surface area contributed by atoms with Crippen LogP contribution in [0.4, 0.5) is 0 Å². The van der Waals surface area contributed by atoms with Gasteiger partial charge in [0.2, 0.25) is 5.91 Å². The Morgan fingerprint density at radius 3 is 3.00 bits per heavy atom. The second-order valence-electron chi connectivity index (χ2n) is 3.82. The van der Waals surface area contributed by atoms with Gasteiger partial charge in [-0.05, 0) is 12.1 Å². The van der Waals surface area contributed by atoms with Crippen LogP contribution in [0.1, 0.15) is 10.4 Å². The fourth-order valence-electron chi connectivity index (χ4n) is 1.61. The van der Waals surface area contributed by atoms with Crippen LogP contribution in [0.3, 0.4) is 0 Å². The summed E-state index contributed by atoms with van der Waals surface area (Å²) in [5.74, 6) is -0.915. The average Bonchev–Trinajstić information content (AvgIpc) is 2.40. The van der Waals surface area contributed by atoms with E-state index >= 15 is 0 Å². The average molecular weight is 266 g/mol. The first kappa shape index (κ1) is 12.7. The zero-order valence-electron chi connectivity index (χ0n) is 9.47. The van der Waals surface area contributed by atoms with E-state index in [1.54, 1.807) is 24.4 Å². The maximum absolute atomic E-state index is 11.9. The van der Waals surface area contributed by atoms with Crippen molar-refractivity contribution in [2.24, 2.45) is 0 Å². The van der Waals surface area contributed by atoms with Crippen LogP contribution in [0.5, 0.6) is 0 Å². The minimum Gasteiger partial charge on any atom is -0.301 e. The summed E-state index contributed by atoms with van der Waals surface area (Å²) in [5.41, 5.74) is 0.336. The van der Waals surface area contributed by atoms with Gasteiger partial charge in [0.15, 0.2) is 0 Å². The van der Waals surface area contributed by atoms with Crippen molar-refractivity contribution in [3.05, 3.63) is 42.2 Å². The van der Waals surface area contributed by atoms with Crippen LogP contribution in [0.15, 0.2) is 36.7 Å². The number of halogens is 1. The number of hydrogen-bond donors (Lipinski definition) is 2. The molecule has 2 heterocycles. The lowest BCUT2D eigenvalue weighted by Gasteiger charge is -2.22. The van der Waals surface area contributed by atoms with Gasteiger partial charge in [0, 0.05) is 18.9 Å². The molecule has 0 aromatic carbocycles. The third-order valence-electron chi connectivity index (χ3n) is 2.54. The number of pyridine rings is 1. The highest BCUT2D eigenvalue weighted by molar-refractivity contribution is 6.24. The van der Waals surface area contributed by atoms with E-state index in [4.69, 9.17) is 11.6 Å². The Labute approximate surface area is 109 Å². The van der Waals surface area contributed by atoms with Gasteiger partial charge in [-0.15, -0.1) is 11.6 Å². The third-order valence-corrected chi connectivity index (χ3v) is 2.93. The van der Waals surface area contributed by atoms with E-state index < -0.39 is 23.2 Å². The van der Waals surface area contributed by atoms with Crippen molar-refractivity contribution in [2.45, 2.75) is 11.4 Å². The van der Waals surface area contributed by atoms with Gasteiger partial charge in [-0.3, -0.25) is 19.9 Å². The number of amides is 2. The number of nitrogens with zero attached hydrogens (tertiary/aromatic N) is 1. The third kappa shape index (κ3) is 2.94. The molecule has 1 aliphatic rings. The maximum Gasteiger partial charge on any atom is 0.259 e. The minimum absolute atomic E-state index is 0.336. The molecule has 1 aromatic rings. The normalized spacial score (nSPS) is 22.5. The van der Waals surface area contributed by atoms with Crippen LogP contribution in [-0.4, -0.2) is 34.8 Å².